The fourth-order valence-corrected chi connectivity index (χ4v) is 4.26. The molecular formula is C23H24N4O3S. The quantitative estimate of drug-likeness (QED) is 0.635. The first-order valence-electron chi connectivity index (χ1n) is 10.2. The molecule has 3 aromatic rings. The van der Waals surface area contributed by atoms with E-state index in [0.29, 0.717) is 11.4 Å². The first-order chi connectivity index (χ1) is 15.0. The Morgan fingerprint density at radius 1 is 1.32 bits per heavy atom. The van der Waals surface area contributed by atoms with Crippen LogP contribution in [-0.4, -0.2) is 41.0 Å². The van der Waals surface area contributed by atoms with Crippen molar-refractivity contribution in [2.24, 2.45) is 0 Å². The molecule has 31 heavy (non-hydrogen) atoms. The molecule has 0 fully saturated rings. The summed E-state index contributed by atoms with van der Waals surface area (Å²) < 4.78 is 5.59. The molecule has 1 N–H and O–H groups in total. The first-order valence-corrected chi connectivity index (χ1v) is 11.0. The highest BCUT2D eigenvalue weighted by molar-refractivity contribution is 7.15. The number of benzene rings is 1. The van der Waals surface area contributed by atoms with Gasteiger partial charge >= 0.3 is 0 Å². The minimum absolute atomic E-state index is 0.0434. The Kier molecular flexibility index (Phi) is 5.99. The van der Waals surface area contributed by atoms with Gasteiger partial charge in [-0.3, -0.25) is 19.5 Å². The number of hydrogen-bond donors (Lipinski definition) is 1. The van der Waals surface area contributed by atoms with Crippen LogP contribution in [0.5, 0.6) is 5.75 Å². The smallest absolute Gasteiger partial charge is 0.265 e. The van der Waals surface area contributed by atoms with Crippen LogP contribution in [0.25, 0.3) is 22.0 Å². The van der Waals surface area contributed by atoms with Gasteiger partial charge in [-0.25, -0.2) is 4.98 Å². The van der Waals surface area contributed by atoms with Gasteiger partial charge < -0.3 is 10.1 Å². The Hall–Kier alpha value is -3.26. The minimum atomic E-state index is -0.242. The Balaban J connectivity index is 1.66. The number of amides is 2. The third-order valence-corrected chi connectivity index (χ3v) is 6.17. The number of rotatable bonds is 6. The molecule has 4 rings (SSSR count). The zero-order valence-corrected chi connectivity index (χ0v) is 18.5. The van der Waals surface area contributed by atoms with Crippen molar-refractivity contribution in [3.05, 3.63) is 47.5 Å². The van der Waals surface area contributed by atoms with Crippen molar-refractivity contribution in [1.29, 1.82) is 0 Å². The molecule has 3 heterocycles. The number of fused-ring (bicyclic) bond motifs is 1. The van der Waals surface area contributed by atoms with Crippen molar-refractivity contribution in [2.75, 3.05) is 18.1 Å². The molecule has 2 amide bonds. The van der Waals surface area contributed by atoms with Crippen LogP contribution in [0.2, 0.25) is 0 Å². The summed E-state index contributed by atoms with van der Waals surface area (Å²) in [6.45, 7) is 5.83. The Bertz CT molecular complexity index is 1110. The number of aromatic nitrogens is 2. The molecule has 8 heteroatoms. The number of nitrogens with one attached hydrogen (secondary N) is 1. The van der Waals surface area contributed by atoms with Crippen LogP contribution >= 0.6 is 11.3 Å². The number of nitrogens with zero attached hydrogens (tertiary/aromatic N) is 3. The lowest BCUT2D eigenvalue weighted by Gasteiger charge is -2.29. The SMILES string of the molecule is CCC(C)NC(=O)CN1C(=O)COc2ccc(-c3nc(-c4ccccn4)sc3C)cc21. The standard InChI is InChI=1S/C23H24N4O3S/c1-4-14(2)25-20(28)12-27-18-11-16(8-9-19(18)30-13-21(27)29)22-15(3)31-23(26-22)17-7-5-6-10-24-17/h5-11,14H,4,12-13H2,1-3H3,(H,25,28). The van der Waals surface area contributed by atoms with Crippen molar-refractivity contribution in [3.63, 3.8) is 0 Å². The van der Waals surface area contributed by atoms with Crippen molar-refractivity contribution in [2.45, 2.75) is 33.2 Å². The highest BCUT2D eigenvalue weighted by Crippen LogP contribution is 2.38. The van der Waals surface area contributed by atoms with Crippen LogP contribution in [-0.2, 0) is 9.59 Å². The number of carbonyl (C=O) groups is 2. The van der Waals surface area contributed by atoms with Crippen LogP contribution in [0, 0.1) is 6.92 Å². The largest absolute Gasteiger partial charge is 0.482 e. The minimum Gasteiger partial charge on any atom is -0.482 e. The predicted octanol–water partition coefficient (Wildman–Crippen LogP) is 3.82. The fourth-order valence-electron chi connectivity index (χ4n) is 3.35. The van der Waals surface area contributed by atoms with Gasteiger partial charge in [-0.1, -0.05) is 13.0 Å². The lowest BCUT2D eigenvalue weighted by atomic mass is 10.1. The average molecular weight is 437 g/mol. The molecule has 0 saturated carbocycles. The second kappa shape index (κ2) is 8.85. The fraction of sp³-hybridized carbons (Fsp3) is 0.304. The molecule has 160 valence electrons. The van der Waals surface area contributed by atoms with E-state index in [1.165, 1.54) is 4.90 Å². The van der Waals surface area contributed by atoms with E-state index >= 15 is 0 Å². The van der Waals surface area contributed by atoms with E-state index in [-0.39, 0.29) is 31.0 Å². The van der Waals surface area contributed by atoms with Gasteiger partial charge in [-0.2, -0.15) is 0 Å². The van der Waals surface area contributed by atoms with Crippen molar-refractivity contribution in [1.82, 2.24) is 15.3 Å². The van der Waals surface area contributed by atoms with Crippen molar-refractivity contribution < 1.29 is 14.3 Å². The summed E-state index contributed by atoms with van der Waals surface area (Å²) in [5.41, 5.74) is 3.09. The zero-order chi connectivity index (χ0) is 22.0. The summed E-state index contributed by atoms with van der Waals surface area (Å²) in [5, 5.41) is 3.75. The van der Waals surface area contributed by atoms with Gasteiger partial charge in [0.05, 0.1) is 17.1 Å². The van der Waals surface area contributed by atoms with Gasteiger partial charge in [-0.05, 0) is 50.6 Å². The second-order valence-electron chi connectivity index (χ2n) is 7.47. The Labute approximate surface area is 185 Å². The van der Waals surface area contributed by atoms with E-state index in [0.717, 1.165) is 33.3 Å². The average Bonchev–Trinajstić information content (AvgIpc) is 3.17. The van der Waals surface area contributed by atoms with E-state index in [1.54, 1.807) is 17.5 Å². The number of pyridine rings is 1. The molecule has 0 saturated heterocycles. The summed E-state index contributed by atoms with van der Waals surface area (Å²) >= 11 is 1.57. The molecule has 1 aliphatic heterocycles. The van der Waals surface area contributed by atoms with Gasteiger partial charge in [0.2, 0.25) is 5.91 Å². The summed E-state index contributed by atoms with van der Waals surface area (Å²) in [6.07, 6.45) is 2.57. The lowest BCUT2D eigenvalue weighted by Crippen LogP contribution is -2.46. The zero-order valence-electron chi connectivity index (χ0n) is 17.7. The number of anilines is 1. The number of hydrogen-bond acceptors (Lipinski definition) is 6. The van der Waals surface area contributed by atoms with Crippen molar-refractivity contribution >= 4 is 28.8 Å². The first kappa shape index (κ1) is 21.0. The van der Waals surface area contributed by atoms with Crippen LogP contribution in [0.1, 0.15) is 25.1 Å². The van der Waals surface area contributed by atoms with Crippen molar-refractivity contribution in [3.8, 4) is 27.7 Å². The molecule has 1 atom stereocenters. The summed E-state index contributed by atoms with van der Waals surface area (Å²) in [4.78, 5) is 36.7. The maximum atomic E-state index is 12.6. The van der Waals surface area contributed by atoms with E-state index in [4.69, 9.17) is 9.72 Å². The normalized spacial score (nSPS) is 14.0. The van der Waals surface area contributed by atoms with E-state index in [9.17, 15) is 9.59 Å². The van der Waals surface area contributed by atoms with E-state index < -0.39 is 0 Å². The molecule has 2 aromatic heterocycles. The third-order valence-electron chi connectivity index (χ3n) is 5.18. The Morgan fingerprint density at radius 3 is 2.90 bits per heavy atom. The maximum Gasteiger partial charge on any atom is 0.265 e. The van der Waals surface area contributed by atoms with Gasteiger partial charge in [-0.15, -0.1) is 11.3 Å². The van der Waals surface area contributed by atoms with Crippen LogP contribution < -0.4 is 15.0 Å². The van der Waals surface area contributed by atoms with Gasteiger partial charge in [0.1, 0.15) is 17.3 Å². The predicted molar refractivity (Wildman–Crippen MR) is 121 cm³/mol. The molecule has 1 aromatic carbocycles. The van der Waals surface area contributed by atoms with Crippen LogP contribution in [0.4, 0.5) is 5.69 Å². The number of aryl methyl sites for hydroxylation is 1. The molecule has 0 radical (unpaired) electrons. The molecular weight excluding hydrogens is 412 g/mol. The highest BCUT2D eigenvalue weighted by Gasteiger charge is 2.28. The molecule has 0 aliphatic carbocycles. The third kappa shape index (κ3) is 4.44. The summed E-state index contributed by atoms with van der Waals surface area (Å²) in [5.74, 6) is 0.147. The van der Waals surface area contributed by atoms with Gasteiger partial charge in [0.25, 0.3) is 5.91 Å². The topological polar surface area (TPSA) is 84.4 Å². The van der Waals surface area contributed by atoms with Crippen LogP contribution in [0.15, 0.2) is 42.6 Å². The van der Waals surface area contributed by atoms with E-state index in [2.05, 4.69) is 10.3 Å². The lowest BCUT2D eigenvalue weighted by molar-refractivity contribution is -0.125. The molecule has 7 nitrogen and oxygen atoms in total. The summed E-state index contributed by atoms with van der Waals surface area (Å²) in [6, 6.07) is 11.4. The molecule has 0 bridgehead atoms. The van der Waals surface area contributed by atoms with Gasteiger partial charge in [0, 0.05) is 22.7 Å². The number of ether oxygens (including phenoxy) is 1. The molecule has 0 spiro atoms. The maximum absolute atomic E-state index is 12.6. The molecule has 1 aliphatic rings. The van der Waals surface area contributed by atoms with Crippen LogP contribution in [0.3, 0.4) is 0 Å². The Morgan fingerprint density at radius 2 is 2.16 bits per heavy atom. The molecule has 1 unspecified atom stereocenters. The second-order valence-corrected chi connectivity index (χ2v) is 8.67. The highest BCUT2D eigenvalue weighted by atomic mass is 32.1. The number of carbonyl (C=O) groups excluding carboxylic acids is 2. The number of thiazole rings is 1. The summed E-state index contributed by atoms with van der Waals surface area (Å²) in [7, 11) is 0. The monoisotopic (exact) mass is 436 g/mol. The van der Waals surface area contributed by atoms with Gasteiger partial charge in [0.15, 0.2) is 6.61 Å². The van der Waals surface area contributed by atoms with E-state index in [1.807, 2.05) is 57.2 Å².